The van der Waals surface area contributed by atoms with Crippen molar-refractivity contribution in [1.29, 1.82) is 0 Å². The number of methoxy groups -OCH3 is 1. The Morgan fingerprint density at radius 2 is 1.76 bits per heavy atom. The van der Waals surface area contributed by atoms with Gasteiger partial charge in [-0.3, -0.25) is 0 Å². The molecule has 0 saturated heterocycles. The van der Waals surface area contributed by atoms with Gasteiger partial charge in [-0.05, 0) is 18.6 Å². The minimum Gasteiger partial charge on any atom is -0.464 e. The molecule has 0 radical (unpaired) electrons. The fourth-order valence-corrected chi connectivity index (χ4v) is 2.21. The predicted octanol–water partition coefficient (Wildman–Crippen LogP) is 3.73. The largest absolute Gasteiger partial charge is 0.464 e. The van der Waals surface area contributed by atoms with Gasteiger partial charge in [-0.25, -0.2) is 14.6 Å². The number of pyridine rings is 1. The minimum absolute atomic E-state index is 0.108. The first-order valence-electron chi connectivity index (χ1n) is 7.22. The van der Waals surface area contributed by atoms with Crippen LogP contribution in [0.4, 0.5) is 13.2 Å². The van der Waals surface area contributed by atoms with Gasteiger partial charge in [-0.1, -0.05) is 30.3 Å². The van der Waals surface area contributed by atoms with Crippen LogP contribution in [-0.4, -0.2) is 30.6 Å². The summed E-state index contributed by atoms with van der Waals surface area (Å²) in [5, 5.41) is 0. The summed E-state index contributed by atoms with van der Waals surface area (Å²) in [5.74, 6) is -2.21. The second-order valence-corrected chi connectivity index (χ2v) is 4.85. The Balaban J connectivity index is 2.85. The zero-order valence-corrected chi connectivity index (χ0v) is 13.4. The monoisotopic (exact) mass is 353 g/mol. The van der Waals surface area contributed by atoms with Gasteiger partial charge in [-0.2, -0.15) is 13.2 Å². The third-order valence-electron chi connectivity index (χ3n) is 3.25. The van der Waals surface area contributed by atoms with E-state index in [4.69, 9.17) is 4.74 Å². The van der Waals surface area contributed by atoms with Crippen LogP contribution in [0.5, 0.6) is 0 Å². The SMILES string of the molecule is CCOC(=O)c1c(-c2ccccc2)cc(C(=O)OC)nc1C(F)(F)F. The van der Waals surface area contributed by atoms with Crippen LogP contribution in [0.2, 0.25) is 0 Å². The number of rotatable bonds is 4. The number of alkyl halides is 3. The summed E-state index contributed by atoms with van der Waals surface area (Å²) in [4.78, 5) is 27.2. The Hall–Kier alpha value is -2.90. The van der Waals surface area contributed by atoms with E-state index in [9.17, 15) is 22.8 Å². The molecule has 0 N–H and O–H groups in total. The molecule has 0 fully saturated rings. The van der Waals surface area contributed by atoms with Gasteiger partial charge >= 0.3 is 18.1 Å². The van der Waals surface area contributed by atoms with Crippen molar-refractivity contribution in [2.24, 2.45) is 0 Å². The van der Waals surface area contributed by atoms with E-state index < -0.39 is 35.1 Å². The molecule has 2 aromatic rings. The fraction of sp³-hybridized carbons (Fsp3) is 0.235. The molecule has 25 heavy (non-hydrogen) atoms. The van der Waals surface area contributed by atoms with Crippen molar-refractivity contribution >= 4 is 11.9 Å². The first kappa shape index (κ1) is 18.4. The van der Waals surface area contributed by atoms with E-state index >= 15 is 0 Å². The van der Waals surface area contributed by atoms with Gasteiger partial charge in [0.2, 0.25) is 0 Å². The van der Waals surface area contributed by atoms with Crippen LogP contribution in [0.25, 0.3) is 11.1 Å². The quantitative estimate of drug-likeness (QED) is 0.784. The molecule has 0 aliphatic heterocycles. The number of carbonyl (C=O) groups excluding carboxylic acids is 2. The number of carbonyl (C=O) groups is 2. The van der Waals surface area contributed by atoms with Crippen LogP contribution in [0.1, 0.15) is 33.5 Å². The van der Waals surface area contributed by atoms with Crippen LogP contribution in [0, 0.1) is 0 Å². The summed E-state index contributed by atoms with van der Waals surface area (Å²) in [7, 11) is 1.03. The van der Waals surface area contributed by atoms with E-state index in [2.05, 4.69) is 9.72 Å². The van der Waals surface area contributed by atoms with E-state index in [1.165, 1.54) is 19.1 Å². The normalized spacial score (nSPS) is 11.1. The number of ether oxygens (including phenoxy) is 2. The molecule has 0 bridgehead atoms. The highest BCUT2D eigenvalue weighted by Crippen LogP contribution is 2.36. The Kier molecular flexibility index (Phi) is 5.41. The van der Waals surface area contributed by atoms with Crippen molar-refractivity contribution < 1.29 is 32.2 Å². The van der Waals surface area contributed by atoms with Gasteiger partial charge in [0.15, 0.2) is 5.69 Å². The lowest BCUT2D eigenvalue weighted by Gasteiger charge is -2.16. The molecular formula is C17H14F3NO4. The standard InChI is InChI=1S/C17H14F3NO4/c1-3-25-16(23)13-11(10-7-5-4-6-8-10)9-12(15(22)24-2)21-14(13)17(18,19)20/h4-9H,3H2,1-2H3. The molecule has 1 aromatic carbocycles. The molecule has 0 spiro atoms. The number of hydrogen-bond acceptors (Lipinski definition) is 5. The highest BCUT2D eigenvalue weighted by Gasteiger charge is 2.40. The van der Waals surface area contributed by atoms with Gasteiger partial charge in [0.25, 0.3) is 0 Å². The van der Waals surface area contributed by atoms with Crippen LogP contribution in [0.15, 0.2) is 36.4 Å². The Labute approximate surface area is 141 Å². The number of halogens is 3. The molecule has 0 amide bonds. The van der Waals surface area contributed by atoms with Crippen molar-refractivity contribution in [3.05, 3.63) is 53.3 Å². The van der Waals surface area contributed by atoms with Gasteiger partial charge in [0, 0.05) is 5.56 Å². The molecule has 2 rings (SSSR count). The summed E-state index contributed by atoms with van der Waals surface area (Å²) in [5.41, 5.74) is -2.59. The number of aromatic nitrogens is 1. The van der Waals surface area contributed by atoms with E-state index in [-0.39, 0.29) is 12.2 Å². The Bertz CT molecular complexity index is 788. The lowest BCUT2D eigenvalue weighted by atomic mass is 9.97. The second-order valence-electron chi connectivity index (χ2n) is 4.85. The molecule has 8 heteroatoms. The molecule has 0 atom stereocenters. The minimum atomic E-state index is -4.96. The van der Waals surface area contributed by atoms with E-state index in [0.29, 0.717) is 5.56 Å². The van der Waals surface area contributed by atoms with Crippen LogP contribution in [-0.2, 0) is 15.7 Å². The summed E-state index contributed by atoms with van der Waals surface area (Å²) >= 11 is 0. The zero-order chi connectivity index (χ0) is 18.6. The fourth-order valence-electron chi connectivity index (χ4n) is 2.21. The Morgan fingerprint density at radius 1 is 1.12 bits per heavy atom. The molecule has 132 valence electrons. The molecule has 1 heterocycles. The number of esters is 2. The topological polar surface area (TPSA) is 65.5 Å². The molecule has 0 aliphatic carbocycles. The molecule has 1 aromatic heterocycles. The van der Waals surface area contributed by atoms with Gasteiger partial charge < -0.3 is 9.47 Å². The lowest BCUT2D eigenvalue weighted by Crippen LogP contribution is -2.21. The highest BCUT2D eigenvalue weighted by atomic mass is 19.4. The van der Waals surface area contributed by atoms with Crippen molar-refractivity contribution in [3.63, 3.8) is 0 Å². The first-order chi connectivity index (χ1) is 11.8. The van der Waals surface area contributed by atoms with Gasteiger partial charge in [-0.15, -0.1) is 0 Å². The summed E-state index contributed by atoms with van der Waals surface area (Å²) in [6, 6.07) is 8.97. The number of hydrogen-bond donors (Lipinski definition) is 0. The average Bonchev–Trinajstić information content (AvgIpc) is 2.60. The Morgan fingerprint density at radius 3 is 2.28 bits per heavy atom. The van der Waals surface area contributed by atoms with Crippen LogP contribution < -0.4 is 0 Å². The maximum Gasteiger partial charge on any atom is 0.434 e. The van der Waals surface area contributed by atoms with Gasteiger partial charge in [0.1, 0.15) is 5.69 Å². The highest BCUT2D eigenvalue weighted by molar-refractivity contribution is 6.00. The maximum atomic E-state index is 13.5. The second kappa shape index (κ2) is 7.33. The van der Waals surface area contributed by atoms with E-state index in [1.807, 2.05) is 0 Å². The summed E-state index contributed by atoms with van der Waals surface area (Å²) in [6.07, 6.45) is -4.96. The molecule has 0 aliphatic rings. The molecule has 0 saturated carbocycles. The smallest absolute Gasteiger partial charge is 0.434 e. The lowest BCUT2D eigenvalue weighted by molar-refractivity contribution is -0.141. The van der Waals surface area contributed by atoms with Crippen molar-refractivity contribution in [2.45, 2.75) is 13.1 Å². The maximum absolute atomic E-state index is 13.5. The predicted molar refractivity (Wildman–Crippen MR) is 82.0 cm³/mol. The van der Waals surface area contributed by atoms with Crippen molar-refractivity contribution in [1.82, 2.24) is 4.98 Å². The molecular weight excluding hydrogens is 339 g/mol. The third-order valence-corrected chi connectivity index (χ3v) is 3.25. The third kappa shape index (κ3) is 3.96. The van der Waals surface area contributed by atoms with E-state index in [1.54, 1.807) is 18.2 Å². The van der Waals surface area contributed by atoms with Crippen LogP contribution >= 0.6 is 0 Å². The average molecular weight is 353 g/mol. The van der Waals surface area contributed by atoms with E-state index in [0.717, 1.165) is 13.2 Å². The van der Waals surface area contributed by atoms with Crippen LogP contribution in [0.3, 0.4) is 0 Å². The number of nitrogens with zero attached hydrogens (tertiary/aromatic N) is 1. The van der Waals surface area contributed by atoms with Crippen molar-refractivity contribution in [2.75, 3.05) is 13.7 Å². The number of benzene rings is 1. The molecule has 5 nitrogen and oxygen atoms in total. The first-order valence-corrected chi connectivity index (χ1v) is 7.22. The summed E-state index contributed by atoms with van der Waals surface area (Å²) < 4.78 is 49.6. The molecule has 0 unspecified atom stereocenters. The van der Waals surface area contributed by atoms with Crippen molar-refractivity contribution in [3.8, 4) is 11.1 Å². The summed E-state index contributed by atoms with van der Waals surface area (Å²) in [6.45, 7) is 1.37. The zero-order valence-electron chi connectivity index (χ0n) is 13.4. The van der Waals surface area contributed by atoms with Gasteiger partial charge in [0.05, 0.1) is 19.3 Å².